The number of phosphoric acid groups is 3. The largest absolute Gasteiger partial charge is 0.490 e. The van der Waals surface area contributed by atoms with E-state index in [0.29, 0.717) is 5.71 Å². The first-order valence-corrected chi connectivity index (χ1v) is 13.9. The molecular weight excluding hydrogens is 541 g/mol. The number of aromatic nitrogens is 2. The molecule has 19 nitrogen and oxygen atoms in total. The van der Waals surface area contributed by atoms with Crippen LogP contribution < -0.4 is 0 Å². The van der Waals surface area contributed by atoms with Gasteiger partial charge in [0.1, 0.15) is 19.1 Å². The number of hydrogen-bond donors (Lipinski definition) is 4. The maximum atomic E-state index is 12.2. The van der Waals surface area contributed by atoms with Crippen molar-refractivity contribution in [1.82, 2.24) is 9.55 Å². The van der Waals surface area contributed by atoms with Crippen molar-refractivity contribution in [2.24, 2.45) is 10.1 Å². The van der Waals surface area contributed by atoms with E-state index < -0.39 is 55.2 Å². The van der Waals surface area contributed by atoms with E-state index >= 15 is 0 Å². The first-order chi connectivity index (χ1) is 16.2. The van der Waals surface area contributed by atoms with E-state index in [1.807, 2.05) is 0 Å². The molecule has 4 N–H and O–H groups in total. The fraction of sp³-hybridized carbons (Fsp3) is 0.615. The molecule has 35 heavy (non-hydrogen) atoms. The van der Waals surface area contributed by atoms with Crippen LogP contribution in [-0.4, -0.2) is 66.2 Å². The number of rotatable bonds is 11. The summed E-state index contributed by atoms with van der Waals surface area (Å²) >= 11 is 0. The van der Waals surface area contributed by atoms with Crippen LogP contribution in [0.4, 0.5) is 5.82 Å². The van der Waals surface area contributed by atoms with Crippen LogP contribution in [0.25, 0.3) is 10.4 Å². The normalized spacial score (nSPS) is 25.8. The molecule has 3 unspecified atom stereocenters. The summed E-state index contributed by atoms with van der Waals surface area (Å²) in [4.78, 5) is 59.2. The number of phosphoric ester groups is 1. The zero-order valence-corrected chi connectivity index (χ0v) is 20.3. The average molecular weight is 560 g/mol. The minimum absolute atomic E-state index is 0.0525. The highest BCUT2D eigenvalue weighted by Gasteiger charge is 2.44. The second-order valence-electron chi connectivity index (χ2n) is 7.09. The molecule has 3 heterocycles. The van der Waals surface area contributed by atoms with Gasteiger partial charge in [0.25, 0.3) is 0 Å². The van der Waals surface area contributed by atoms with E-state index in [1.54, 1.807) is 6.92 Å². The van der Waals surface area contributed by atoms with Crippen molar-refractivity contribution >= 4 is 40.8 Å². The summed E-state index contributed by atoms with van der Waals surface area (Å²) in [6, 6.07) is 0. The molecule has 0 radical (unpaired) electrons. The number of Topliss-reactive ketones (excluding diaryl/α,β-unsaturated/α-hetero) is 1. The van der Waals surface area contributed by atoms with Crippen LogP contribution in [0.1, 0.15) is 36.5 Å². The lowest BCUT2D eigenvalue weighted by Gasteiger charge is -2.21. The van der Waals surface area contributed by atoms with E-state index in [-0.39, 0.29) is 30.1 Å². The third-order valence-electron chi connectivity index (χ3n) is 4.46. The smallest absolute Gasteiger partial charge is 0.369 e. The lowest BCUT2D eigenvalue weighted by atomic mass is 10.1. The number of nitrogens with zero attached hydrogens (tertiary/aromatic N) is 6. The second-order valence-corrected chi connectivity index (χ2v) is 11.5. The molecule has 1 aromatic rings. The van der Waals surface area contributed by atoms with Crippen LogP contribution >= 0.6 is 23.5 Å². The maximum absolute atomic E-state index is 12.2. The lowest BCUT2D eigenvalue weighted by molar-refractivity contribution is -0.0587. The van der Waals surface area contributed by atoms with Gasteiger partial charge in [0, 0.05) is 17.0 Å². The van der Waals surface area contributed by atoms with Gasteiger partial charge in [-0.15, -0.1) is 0 Å². The van der Waals surface area contributed by atoms with Crippen molar-refractivity contribution in [2.45, 2.75) is 38.2 Å². The summed E-state index contributed by atoms with van der Waals surface area (Å²) in [6.07, 6.45) is -1.46. The molecule has 1 fully saturated rings. The van der Waals surface area contributed by atoms with Crippen LogP contribution in [0, 0.1) is 0 Å². The molecule has 22 heteroatoms. The molecule has 194 valence electrons. The number of aliphatic imine (C=N–C) groups is 1. The average Bonchev–Trinajstić information content (AvgIpc) is 3.28. The summed E-state index contributed by atoms with van der Waals surface area (Å²) in [5, 5.41) is 3.23. The topological polar surface area (TPSA) is 274 Å². The minimum Gasteiger partial charge on any atom is -0.369 e. The summed E-state index contributed by atoms with van der Waals surface area (Å²) in [7, 11) is -16.7. The highest BCUT2D eigenvalue weighted by molar-refractivity contribution is 7.66. The number of azide groups is 1. The van der Waals surface area contributed by atoms with E-state index in [4.69, 9.17) is 24.8 Å². The fourth-order valence-corrected chi connectivity index (χ4v) is 6.26. The first kappa shape index (κ1) is 27.8. The zero-order valence-electron chi connectivity index (χ0n) is 17.6. The van der Waals surface area contributed by atoms with Gasteiger partial charge in [0.2, 0.25) is 0 Å². The molecule has 0 amide bonds. The third-order valence-corrected chi connectivity index (χ3v) is 8.27. The maximum Gasteiger partial charge on any atom is 0.490 e. The number of hydrogen-bond acceptors (Lipinski definition) is 12. The Hall–Kier alpha value is -1.81. The Bertz CT molecular complexity index is 1210. The van der Waals surface area contributed by atoms with Crippen LogP contribution in [0.5, 0.6) is 0 Å². The summed E-state index contributed by atoms with van der Waals surface area (Å²) in [6.45, 7) is 0.422. The number of imidazole rings is 1. The number of ether oxygens (including phenoxy) is 2. The second kappa shape index (κ2) is 10.7. The first-order valence-electron chi connectivity index (χ1n) is 9.40. The van der Waals surface area contributed by atoms with E-state index in [9.17, 15) is 28.3 Å². The Balaban J connectivity index is 1.74. The molecule has 0 aliphatic carbocycles. The molecule has 0 saturated carbocycles. The highest BCUT2D eigenvalue weighted by atomic mass is 31.3. The Morgan fingerprint density at radius 2 is 1.97 bits per heavy atom. The molecule has 1 aromatic heterocycles. The molecule has 2 aliphatic rings. The summed E-state index contributed by atoms with van der Waals surface area (Å²) in [5.41, 5.74) is 9.12. The SMILES string of the molecule is CC1=Nc2c(ncn2[C@H]2CC(OCN=[N+]=[N-])[C@@H](COP(=O)(O)OP(=O)(O)OP(=O)(O)O)O2)C(=O)C1. The molecule has 1 saturated heterocycles. The molecular formula is C13H19N6O13P3. The molecule has 3 rings (SSSR count). The standard InChI is InChI=1S/C13H19N6O13P3/c1-7-2-8(20)12-13(17-7)19(5-15-12)11-3-9(28-6-16-18-14)10(30-11)4-29-34(24,25)32-35(26,27)31-33(21,22)23/h5,9-11H,2-4,6H2,1H3,(H,24,25)(H,26,27)(H2,21,22,23)/t9?,10-,11-/m1/s1. The van der Waals surface area contributed by atoms with Gasteiger partial charge in [-0.25, -0.2) is 23.7 Å². The van der Waals surface area contributed by atoms with Gasteiger partial charge in [-0.2, -0.15) is 8.62 Å². The van der Waals surface area contributed by atoms with Gasteiger partial charge >= 0.3 is 23.5 Å². The van der Waals surface area contributed by atoms with Gasteiger partial charge < -0.3 is 29.0 Å². The number of ketones is 1. The molecule has 0 aromatic carbocycles. The Morgan fingerprint density at radius 3 is 2.63 bits per heavy atom. The minimum atomic E-state index is -5.70. The van der Waals surface area contributed by atoms with E-state index in [2.05, 4.69) is 33.1 Å². The van der Waals surface area contributed by atoms with E-state index in [1.165, 1.54) is 10.9 Å². The molecule has 0 spiro atoms. The van der Waals surface area contributed by atoms with Gasteiger partial charge in [0.15, 0.2) is 17.3 Å². The Labute approximate surface area is 195 Å². The van der Waals surface area contributed by atoms with E-state index in [0.717, 1.165) is 0 Å². The van der Waals surface area contributed by atoms with Crippen molar-refractivity contribution in [3.05, 3.63) is 22.5 Å². The van der Waals surface area contributed by atoms with Crippen LogP contribution in [0.15, 0.2) is 16.4 Å². The van der Waals surface area contributed by atoms with Gasteiger partial charge in [-0.05, 0) is 12.5 Å². The van der Waals surface area contributed by atoms with Gasteiger partial charge in [-0.1, -0.05) is 5.11 Å². The van der Waals surface area contributed by atoms with Crippen molar-refractivity contribution < 1.29 is 60.7 Å². The molecule has 0 bridgehead atoms. The number of carbonyl (C=O) groups excluding carboxylic acids is 1. The number of fused-ring (bicyclic) bond motifs is 1. The predicted octanol–water partition coefficient (Wildman–Crippen LogP) is 1.85. The summed E-state index contributed by atoms with van der Waals surface area (Å²) in [5.74, 6) is -0.0179. The zero-order chi connectivity index (χ0) is 26.0. The van der Waals surface area contributed by atoms with Crippen LogP contribution in [0.3, 0.4) is 0 Å². The predicted molar refractivity (Wildman–Crippen MR) is 111 cm³/mol. The Kier molecular flexibility index (Phi) is 8.46. The lowest BCUT2D eigenvalue weighted by Crippen LogP contribution is -2.29. The van der Waals surface area contributed by atoms with Crippen LogP contribution in [0.2, 0.25) is 0 Å². The quantitative estimate of drug-likeness (QED) is 0.130. The molecule has 5 atom stereocenters. The van der Waals surface area contributed by atoms with Crippen molar-refractivity contribution in [3.8, 4) is 0 Å². The van der Waals surface area contributed by atoms with Crippen molar-refractivity contribution in [3.63, 3.8) is 0 Å². The van der Waals surface area contributed by atoms with Crippen LogP contribution in [-0.2, 0) is 36.3 Å². The fourth-order valence-electron chi connectivity index (χ4n) is 3.23. The van der Waals surface area contributed by atoms with Gasteiger partial charge in [-0.3, -0.25) is 13.9 Å². The monoisotopic (exact) mass is 560 g/mol. The Morgan fingerprint density at radius 1 is 1.26 bits per heavy atom. The van der Waals surface area contributed by atoms with Crippen molar-refractivity contribution in [1.29, 1.82) is 0 Å². The highest BCUT2D eigenvalue weighted by Crippen LogP contribution is 2.66. The van der Waals surface area contributed by atoms with Gasteiger partial charge in [0.05, 0.1) is 25.5 Å². The third kappa shape index (κ3) is 7.59. The number of carbonyl (C=O) groups is 1. The summed E-state index contributed by atoms with van der Waals surface area (Å²) < 4.78 is 58.8. The molecule has 2 aliphatic heterocycles. The van der Waals surface area contributed by atoms with Crippen molar-refractivity contribution in [2.75, 3.05) is 13.3 Å².